The van der Waals surface area contributed by atoms with E-state index in [4.69, 9.17) is 17.3 Å². The zero-order chi connectivity index (χ0) is 7.40. The van der Waals surface area contributed by atoms with Crippen LogP contribution in [0, 0.1) is 6.57 Å². The molecule has 0 unspecified atom stereocenters. The molecule has 3 heteroatoms. The summed E-state index contributed by atoms with van der Waals surface area (Å²) in [5, 5.41) is 0. The highest BCUT2D eigenvalue weighted by Crippen LogP contribution is 2.23. The predicted octanol–water partition coefficient (Wildman–Crippen LogP) is 3.48. The number of hydrogen-bond donors (Lipinski definition) is 0. The van der Waals surface area contributed by atoms with E-state index in [0.29, 0.717) is 5.69 Å². The molecule has 0 spiro atoms. The summed E-state index contributed by atoms with van der Waals surface area (Å²) >= 11 is 0. The molecule has 1 nitrogen and oxygen atoms in total. The molecule has 0 aliphatic carbocycles. The molecule has 1 aromatic carbocycles. The highest BCUT2D eigenvalue weighted by atomic mass is 35.7. The maximum absolute atomic E-state index is 6.66. The molecule has 0 bridgehead atoms. The maximum atomic E-state index is 6.66. The third-order valence-electron chi connectivity index (χ3n) is 1.05. The fourth-order valence-electron chi connectivity index (χ4n) is 0.572. The lowest BCUT2D eigenvalue weighted by Crippen LogP contribution is -1.63. The quantitative estimate of drug-likeness (QED) is 0.583. The van der Waals surface area contributed by atoms with Crippen LogP contribution in [0.1, 0.15) is 0 Å². The first-order valence-corrected chi connectivity index (χ1v) is 4.27. The van der Waals surface area contributed by atoms with Gasteiger partial charge in [0.1, 0.15) is 0 Å². The van der Waals surface area contributed by atoms with E-state index in [2.05, 4.69) is 4.85 Å². The molecule has 0 N–H and O–H groups in total. The molecule has 0 aliphatic heterocycles. The Labute approximate surface area is 68.3 Å². The average molecular weight is 170 g/mol. The molecule has 0 aromatic heterocycles. The van der Waals surface area contributed by atoms with Gasteiger partial charge >= 0.3 is 0 Å². The van der Waals surface area contributed by atoms with E-state index in [9.17, 15) is 0 Å². The first kappa shape index (κ1) is 7.46. The Morgan fingerprint density at radius 2 is 1.90 bits per heavy atom. The van der Waals surface area contributed by atoms with Crippen LogP contribution >= 0.6 is 21.7 Å². The predicted molar refractivity (Wildman–Crippen MR) is 44.4 cm³/mol. The van der Waals surface area contributed by atoms with E-state index in [1.807, 2.05) is 12.1 Å². The summed E-state index contributed by atoms with van der Waals surface area (Å²) in [6.07, 6.45) is 0. The first-order chi connectivity index (χ1) is 4.86. The molecule has 1 aromatic rings. The zero-order valence-corrected chi connectivity index (χ0v) is 6.62. The largest absolute Gasteiger partial charge is 0.238 e. The van der Waals surface area contributed by atoms with Gasteiger partial charge in [-0.2, -0.15) is 0 Å². The van der Waals surface area contributed by atoms with Gasteiger partial charge in [0, 0.05) is 4.90 Å². The fourth-order valence-corrected chi connectivity index (χ4v) is 1.12. The minimum absolute atomic E-state index is 0.648. The van der Waals surface area contributed by atoms with Crippen molar-refractivity contribution in [2.75, 3.05) is 0 Å². The second-order valence-electron chi connectivity index (χ2n) is 1.68. The highest BCUT2D eigenvalue weighted by Gasteiger charge is 1.90. The summed E-state index contributed by atoms with van der Waals surface area (Å²) < 4.78 is 0. The molecule has 0 saturated heterocycles. The van der Waals surface area contributed by atoms with Gasteiger partial charge in [0.05, 0.1) is 6.57 Å². The van der Waals surface area contributed by atoms with E-state index in [1.165, 1.54) is 0 Å². The van der Waals surface area contributed by atoms with Crippen molar-refractivity contribution in [3.63, 3.8) is 0 Å². The van der Waals surface area contributed by atoms with Crippen molar-refractivity contribution in [2.24, 2.45) is 0 Å². The standard InChI is InChI=1S/C7H4ClNS/c1-9-6-2-4-7(10-8)5-3-6/h2-5H. The minimum atomic E-state index is 0.648. The van der Waals surface area contributed by atoms with Gasteiger partial charge in [0.2, 0.25) is 0 Å². The van der Waals surface area contributed by atoms with Crippen molar-refractivity contribution in [3.05, 3.63) is 35.7 Å². The van der Waals surface area contributed by atoms with Gasteiger partial charge in [-0.1, -0.05) is 24.3 Å². The van der Waals surface area contributed by atoms with Gasteiger partial charge in [-0.25, -0.2) is 4.85 Å². The van der Waals surface area contributed by atoms with Crippen LogP contribution in [0.15, 0.2) is 29.2 Å². The van der Waals surface area contributed by atoms with Crippen molar-refractivity contribution in [1.29, 1.82) is 0 Å². The monoisotopic (exact) mass is 169 g/mol. The van der Waals surface area contributed by atoms with Gasteiger partial charge in [0.25, 0.3) is 0 Å². The molecule has 10 heavy (non-hydrogen) atoms. The molecule has 0 aliphatic rings. The van der Waals surface area contributed by atoms with Crippen molar-refractivity contribution < 1.29 is 0 Å². The Morgan fingerprint density at radius 3 is 2.30 bits per heavy atom. The van der Waals surface area contributed by atoms with E-state index in [0.717, 1.165) is 15.9 Å². The van der Waals surface area contributed by atoms with Gasteiger partial charge in [-0.3, -0.25) is 0 Å². The Morgan fingerprint density at radius 1 is 1.30 bits per heavy atom. The number of halogens is 1. The first-order valence-electron chi connectivity index (χ1n) is 2.63. The summed E-state index contributed by atoms with van der Waals surface area (Å²) in [6.45, 7) is 6.66. The van der Waals surface area contributed by atoms with Crippen LogP contribution in [0.4, 0.5) is 5.69 Å². The summed E-state index contributed by atoms with van der Waals surface area (Å²) in [5.74, 6) is 0. The summed E-state index contributed by atoms with van der Waals surface area (Å²) in [7, 11) is 6.62. The van der Waals surface area contributed by atoms with Crippen molar-refractivity contribution in [2.45, 2.75) is 4.90 Å². The maximum Gasteiger partial charge on any atom is 0.187 e. The van der Waals surface area contributed by atoms with Crippen LogP contribution in [0.2, 0.25) is 0 Å². The van der Waals surface area contributed by atoms with Crippen LogP contribution in [0.25, 0.3) is 4.85 Å². The van der Waals surface area contributed by atoms with E-state index in [-0.39, 0.29) is 0 Å². The Bertz CT molecular complexity index is 249. The van der Waals surface area contributed by atoms with Gasteiger partial charge in [0.15, 0.2) is 5.69 Å². The van der Waals surface area contributed by atoms with E-state index >= 15 is 0 Å². The van der Waals surface area contributed by atoms with Gasteiger partial charge < -0.3 is 0 Å². The van der Waals surface area contributed by atoms with Crippen molar-refractivity contribution >= 4 is 27.3 Å². The highest BCUT2D eigenvalue weighted by molar-refractivity contribution is 8.21. The molecule has 0 heterocycles. The summed E-state index contributed by atoms with van der Waals surface area (Å²) in [6, 6.07) is 7.14. The number of hydrogen-bond acceptors (Lipinski definition) is 1. The van der Waals surface area contributed by atoms with Gasteiger partial charge in [-0.15, -0.1) is 0 Å². The van der Waals surface area contributed by atoms with Crippen molar-refractivity contribution in [1.82, 2.24) is 0 Å². The van der Waals surface area contributed by atoms with Crippen LogP contribution in [0.5, 0.6) is 0 Å². The molecule has 0 fully saturated rings. The lowest BCUT2D eigenvalue weighted by atomic mass is 10.3. The van der Waals surface area contributed by atoms with Crippen LogP contribution in [-0.4, -0.2) is 0 Å². The molecule has 0 amide bonds. The average Bonchev–Trinajstić information content (AvgIpc) is 2.05. The Balaban J connectivity index is 2.93. The zero-order valence-electron chi connectivity index (χ0n) is 5.04. The lowest BCUT2D eigenvalue weighted by molar-refractivity contribution is 1.48. The van der Waals surface area contributed by atoms with Crippen LogP contribution in [0.3, 0.4) is 0 Å². The third kappa shape index (κ3) is 1.66. The summed E-state index contributed by atoms with van der Waals surface area (Å²) in [4.78, 5) is 4.21. The third-order valence-corrected chi connectivity index (χ3v) is 2.04. The number of benzene rings is 1. The number of rotatable bonds is 1. The van der Waals surface area contributed by atoms with Crippen LogP contribution < -0.4 is 0 Å². The minimum Gasteiger partial charge on any atom is -0.238 e. The molecule has 0 radical (unpaired) electrons. The molecular weight excluding hydrogens is 166 g/mol. The van der Waals surface area contributed by atoms with Crippen LogP contribution in [-0.2, 0) is 0 Å². The van der Waals surface area contributed by atoms with E-state index < -0.39 is 0 Å². The van der Waals surface area contributed by atoms with Crippen molar-refractivity contribution in [3.8, 4) is 0 Å². The van der Waals surface area contributed by atoms with E-state index in [1.54, 1.807) is 12.1 Å². The normalized spacial score (nSPS) is 8.80. The van der Waals surface area contributed by atoms with Gasteiger partial charge in [-0.05, 0) is 21.7 Å². The molecule has 0 atom stereocenters. The smallest absolute Gasteiger partial charge is 0.187 e. The fraction of sp³-hybridized carbons (Fsp3) is 0. The Hall–Kier alpha value is -0.650. The molecule has 50 valence electrons. The SMILES string of the molecule is [C-]#[N+]c1ccc(SCl)cc1. The topological polar surface area (TPSA) is 4.36 Å². The lowest BCUT2D eigenvalue weighted by Gasteiger charge is -1.91. The second kappa shape index (κ2) is 3.50. The summed E-state index contributed by atoms with van der Waals surface area (Å²) in [5.41, 5.74) is 0.648. The number of nitrogens with zero attached hydrogens (tertiary/aromatic N) is 1. The molecule has 1 rings (SSSR count). The Kier molecular flexibility index (Phi) is 2.61. The molecule has 0 saturated carbocycles. The second-order valence-corrected chi connectivity index (χ2v) is 2.77. The molecular formula is C7H4ClNS.